The molecule has 2 N–H and O–H groups in total. The molecule has 1 unspecified atom stereocenters. The number of allylic oxidation sites excluding steroid dienone is 1. The summed E-state index contributed by atoms with van der Waals surface area (Å²) >= 11 is 0. The Morgan fingerprint density at radius 3 is 2.59 bits per heavy atom. The zero-order chi connectivity index (χ0) is 19.9. The van der Waals surface area contributed by atoms with Gasteiger partial charge in [0, 0.05) is 11.8 Å². The Bertz CT molecular complexity index is 892. The molecule has 0 saturated heterocycles. The minimum absolute atomic E-state index is 0.0328. The summed E-state index contributed by atoms with van der Waals surface area (Å²) in [5.41, 5.74) is -0.772. The van der Waals surface area contributed by atoms with E-state index in [1.807, 2.05) is 18.4 Å². The van der Waals surface area contributed by atoms with Crippen LogP contribution in [-0.2, 0) is 6.54 Å². The average molecular weight is 388 g/mol. The number of aryl methyl sites for hydroxylation is 2. The second-order valence-electron chi connectivity index (χ2n) is 6.09. The quantitative estimate of drug-likeness (QED) is 0.768. The van der Waals surface area contributed by atoms with Crippen LogP contribution in [0.2, 0.25) is 0 Å². The number of rotatable bonds is 5. The molecule has 27 heavy (non-hydrogen) atoms. The summed E-state index contributed by atoms with van der Waals surface area (Å²) in [7, 11) is 0. The fourth-order valence-corrected chi connectivity index (χ4v) is 2.70. The number of nitrogens with one attached hydrogen (secondary N) is 1. The van der Waals surface area contributed by atoms with Crippen molar-refractivity contribution in [2.45, 2.75) is 39.0 Å². The molecule has 2 aromatic heterocycles. The van der Waals surface area contributed by atoms with E-state index in [4.69, 9.17) is 4.42 Å². The zero-order valence-corrected chi connectivity index (χ0v) is 14.3. The van der Waals surface area contributed by atoms with Crippen LogP contribution in [0.4, 0.5) is 17.6 Å². The highest BCUT2D eigenvalue weighted by atomic mass is 19.3. The highest BCUT2D eigenvalue weighted by molar-refractivity contribution is 5.92. The van der Waals surface area contributed by atoms with E-state index in [1.165, 1.54) is 12.1 Å². The second-order valence-corrected chi connectivity index (χ2v) is 6.09. The van der Waals surface area contributed by atoms with Crippen molar-refractivity contribution in [2.75, 3.05) is 0 Å². The van der Waals surface area contributed by atoms with Gasteiger partial charge in [-0.05, 0) is 32.0 Å². The SMILES string of the molecule is Cc1cc(C)n(Cc2ccc(C(=O)N3NC(C(F)F)=CC3(O)C(F)F)o2)n1. The topological polar surface area (TPSA) is 83.5 Å². The van der Waals surface area contributed by atoms with Crippen LogP contribution in [-0.4, -0.2) is 44.4 Å². The third kappa shape index (κ3) is 3.42. The fraction of sp³-hybridized carbons (Fsp3) is 0.375. The monoisotopic (exact) mass is 388 g/mol. The summed E-state index contributed by atoms with van der Waals surface area (Å²) in [6.07, 6.45) is -6.47. The van der Waals surface area contributed by atoms with Crippen molar-refractivity contribution in [3.05, 3.63) is 52.9 Å². The molecule has 146 valence electrons. The number of aromatic nitrogens is 2. The molecule has 2 aromatic rings. The molecular formula is C16H16F4N4O3. The minimum atomic E-state index is -3.52. The first-order chi connectivity index (χ1) is 12.6. The molecule has 0 aromatic carbocycles. The van der Waals surface area contributed by atoms with Gasteiger partial charge in [0.2, 0.25) is 5.72 Å². The van der Waals surface area contributed by atoms with Gasteiger partial charge in [0.1, 0.15) is 5.76 Å². The molecule has 0 spiro atoms. The molecule has 11 heteroatoms. The molecule has 1 aliphatic heterocycles. The molecule has 0 radical (unpaired) electrons. The Kier molecular flexibility index (Phi) is 4.72. The standard InChI is InChI=1S/C16H16F4N4O3/c1-8-5-9(2)23(21-8)7-10-3-4-12(27-10)14(25)24-16(26,15(19)20)6-11(22-24)13(17)18/h3-6,13,15,22,26H,7H2,1-2H3. The molecule has 3 rings (SSSR count). The molecule has 0 fully saturated rings. The summed E-state index contributed by atoms with van der Waals surface area (Å²) in [6, 6.07) is 4.48. The lowest BCUT2D eigenvalue weighted by atomic mass is 10.2. The lowest BCUT2D eigenvalue weighted by Crippen LogP contribution is -2.56. The third-order valence-electron chi connectivity index (χ3n) is 4.01. The fourth-order valence-electron chi connectivity index (χ4n) is 2.70. The molecule has 0 saturated carbocycles. The van der Waals surface area contributed by atoms with Crippen molar-refractivity contribution >= 4 is 5.91 Å². The number of carbonyl (C=O) groups is 1. The number of hydrogen-bond donors (Lipinski definition) is 2. The van der Waals surface area contributed by atoms with E-state index in [0.717, 1.165) is 11.4 Å². The van der Waals surface area contributed by atoms with Crippen LogP contribution in [0, 0.1) is 13.8 Å². The maximum absolute atomic E-state index is 13.2. The van der Waals surface area contributed by atoms with Crippen LogP contribution in [0.3, 0.4) is 0 Å². The number of halogens is 4. The Hall–Kier alpha value is -2.82. The number of nitrogens with zero attached hydrogens (tertiary/aromatic N) is 3. The first-order valence-corrected chi connectivity index (χ1v) is 7.84. The van der Waals surface area contributed by atoms with Crippen LogP contribution in [0.5, 0.6) is 0 Å². The zero-order valence-electron chi connectivity index (χ0n) is 14.3. The smallest absolute Gasteiger partial charge is 0.311 e. The Balaban J connectivity index is 1.82. The number of aliphatic hydroxyl groups is 1. The van der Waals surface area contributed by atoms with Crippen LogP contribution in [0.1, 0.15) is 27.7 Å². The Morgan fingerprint density at radius 1 is 1.33 bits per heavy atom. The highest BCUT2D eigenvalue weighted by Crippen LogP contribution is 2.31. The first-order valence-electron chi connectivity index (χ1n) is 7.84. The van der Waals surface area contributed by atoms with E-state index < -0.39 is 35.9 Å². The maximum Gasteiger partial charge on any atom is 0.311 e. The highest BCUT2D eigenvalue weighted by Gasteiger charge is 2.51. The van der Waals surface area contributed by atoms with Crippen LogP contribution >= 0.6 is 0 Å². The largest absolute Gasteiger partial charge is 0.454 e. The number of carbonyl (C=O) groups excluding carboxylic acids is 1. The van der Waals surface area contributed by atoms with Crippen molar-refractivity contribution in [2.24, 2.45) is 0 Å². The average Bonchev–Trinajstić information content (AvgIpc) is 3.26. The van der Waals surface area contributed by atoms with E-state index in [-0.39, 0.29) is 17.6 Å². The molecule has 1 atom stereocenters. The van der Waals surface area contributed by atoms with Gasteiger partial charge < -0.3 is 9.52 Å². The summed E-state index contributed by atoms with van der Waals surface area (Å²) in [4.78, 5) is 12.4. The molecule has 7 nitrogen and oxygen atoms in total. The summed E-state index contributed by atoms with van der Waals surface area (Å²) in [6.45, 7) is 3.81. The molecule has 0 aliphatic carbocycles. The molecular weight excluding hydrogens is 372 g/mol. The maximum atomic E-state index is 13.2. The van der Waals surface area contributed by atoms with E-state index in [9.17, 15) is 27.5 Å². The number of furan rings is 1. The summed E-state index contributed by atoms with van der Waals surface area (Å²) < 4.78 is 59.0. The van der Waals surface area contributed by atoms with Gasteiger partial charge in [-0.3, -0.25) is 14.9 Å². The summed E-state index contributed by atoms with van der Waals surface area (Å²) in [5, 5.41) is 14.3. The number of alkyl halides is 4. The normalized spacial score (nSPS) is 19.7. The molecule has 1 amide bonds. The lowest BCUT2D eigenvalue weighted by Gasteiger charge is -2.30. The number of hydrazine groups is 1. The molecule has 0 bridgehead atoms. The summed E-state index contributed by atoms with van der Waals surface area (Å²) in [5.74, 6) is -1.32. The predicted molar refractivity (Wildman–Crippen MR) is 83.9 cm³/mol. The first kappa shape index (κ1) is 19.0. The van der Waals surface area contributed by atoms with Gasteiger partial charge in [-0.1, -0.05) is 0 Å². The Labute approximate surface area is 150 Å². The van der Waals surface area contributed by atoms with Crippen molar-refractivity contribution in [1.82, 2.24) is 20.2 Å². The molecule has 3 heterocycles. The number of amides is 1. The van der Waals surface area contributed by atoms with Gasteiger partial charge in [-0.15, -0.1) is 0 Å². The van der Waals surface area contributed by atoms with Crippen molar-refractivity contribution < 1.29 is 31.9 Å². The van der Waals surface area contributed by atoms with Gasteiger partial charge in [-0.2, -0.15) is 5.10 Å². The third-order valence-corrected chi connectivity index (χ3v) is 4.01. The van der Waals surface area contributed by atoms with Gasteiger partial charge in [0.05, 0.1) is 17.9 Å². The van der Waals surface area contributed by atoms with Crippen molar-refractivity contribution in [3.63, 3.8) is 0 Å². The second kappa shape index (κ2) is 6.72. The van der Waals surface area contributed by atoms with Crippen LogP contribution in [0.15, 0.2) is 34.4 Å². The van der Waals surface area contributed by atoms with Gasteiger partial charge in [0.25, 0.3) is 12.9 Å². The van der Waals surface area contributed by atoms with Crippen LogP contribution < -0.4 is 5.43 Å². The van der Waals surface area contributed by atoms with E-state index in [1.54, 1.807) is 11.6 Å². The lowest BCUT2D eigenvalue weighted by molar-refractivity contribution is -0.147. The van der Waals surface area contributed by atoms with E-state index in [2.05, 4.69) is 5.10 Å². The minimum Gasteiger partial charge on any atom is -0.454 e. The van der Waals surface area contributed by atoms with E-state index in [0.29, 0.717) is 5.76 Å². The van der Waals surface area contributed by atoms with Crippen LogP contribution in [0.25, 0.3) is 0 Å². The molecule has 1 aliphatic rings. The number of hydrogen-bond acceptors (Lipinski definition) is 5. The predicted octanol–water partition coefficient (Wildman–Crippen LogP) is 2.20. The van der Waals surface area contributed by atoms with Gasteiger partial charge >= 0.3 is 5.91 Å². The van der Waals surface area contributed by atoms with Crippen molar-refractivity contribution in [3.8, 4) is 0 Å². The van der Waals surface area contributed by atoms with Gasteiger partial charge in [-0.25, -0.2) is 22.6 Å². The van der Waals surface area contributed by atoms with E-state index >= 15 is 0 Å². The Morgan fingerprint density at radius 2 is 2.04 bits per heavy atom. The van der Waals surface area contributed by atoms with Gasteiger partial charge in [0.15, 0.2) is 5.76 Å². The van der Waals surface area contributed by atoms with Crippen molar-refractivity contribution in [1.29, 1.82) is 0 Å².